The normalized spacial score (nSPS) is 16.2. The van der Waals surface area contributed by atoms with E-state index in [4.69, 9.17) is 0 Å². The van der Waals surface area contributed by atoms with Crippen LogP contribution in [0.25, 0.3) is 0 Å². The summed E-state index contributed by atoms with van der Waals surface area (Å²) in [6.45, 7) is 10.4. The third kappa shape index (κ3) is 5.54. The monoisotopic (exact) mass is 408 g/mol. The SMILES string of the molecule is CN(C)c1ccc([C@@H](CNC(=O)C(C)(C)C)N2CCN(c3ccccc3)CC2)cc1. The molecule has 2 aromatic carbocycles. The van der Waals surface area contributed by atoms with E-state index in [-0.39, 0.29) is 17.4 Å². The Morgan fingerprint density at radius 3 is 2.10 bits per heavy atom. The van der Waals surface area contributed by atoms with E-state index < -0.39 is 0 Å². The summed E-state index contributed by atoms with van der Waals surface area (Å²) in [5, 5.41) is 3.19. The first-order valence-electron chi connectivity index (χ1n) is 10.9. The van der Waals surface area contributed by atoms with Crippen LogP contribution in [0.1, 0.15) is 32.4 Å². The number of nitrogens with zero attached hydrogens (tertiary/aromatic N) is 3. The quantitative estimate of drug-likeness (QED) is 0.790. The minimum Gasteiger partial charge on any atom is -0.378 e. The van der Waals surface area contributed by atoms with Crippen molar-refractivity contribution in [2.24, 2.45) is 5.41 Å². The molecule has 0 radical (unpaired) electrons. The van der Waals surface area contributed by atoms with Crippen LogP contribution in [0.15, 0.2) is 54.6 Å². The van der Waals surface area contributed by atoms with Crippen LogP contribution in [-0.2, 0) is 4.79 Å². The summed E-state index contributed by atoms with van der Waals surface area (Å²) in [4.78, 5) is 19.6. The summed E-state index contributed by atoms with van der Waals surface area (Å²) in [6, 6.07) is 19.5. The Balaban J connectivity index is 1.73. The number of carbonyl (C=O) groups excluding carboxylic acids is 1. The average Bonchev–Trinajstić information content (AvgIpc) is 2.74. The lowest BCUT2D eigenvalue weighted by Gasteiger charge is -2.40. The van der Waals surface area contributed by atoms with Crippen LogP contribution < -0.4 is 15.1 Å². The van der Waals surface area contributed by atoms with Crippen LogP contribution in [0.4, 0.5) is 11.4 Å². The fourth-order valence-corrected chi connectivity index (χ4v) is 3.84. The van der Waals surface area contributed by atoms with Gasteiger partial charge in [0.2, 0.25) is 5.91 Å². The van der Waals surface area contributed by atoms with Crippen molar-refractivity contribution in [1.82, 2.24) is 10.2 Å². The van der Waals surface area contributed by atoms with Gasteiger partial charge in [-0.2, -0.15) is 0 Å². The molecule has 5 nitrogen and oxygen atoms in total. The van der Waals surface area contributed by atoms with Crippen molar-refractivity contribution >= 4 is 17.3 Å². The van der Waals surface area contributed by atoms with E-state index in [9.17, 15) is 4.79 Å². The second kappa shape index (κ2) is 9.52. The molecule has 5 heteroatoms. The number of para-hydroxylation sites is 1. The molecule has 1 N–H and O–H groups in total. The van der Waals surface area contributed by atoms with E-state index in [0.717, 1.165) is 26.2 Å². The van der Waals surface area contributed by atoms with E-state index in [1.165, 1.54) is 16.9 Å². The Kier molecular flexibility index (Phi) is 7.03. The molecule has 1 atom stereocenters. The molecule has 0 aliphatic carbocycles. The van der Waals surface area contributed by atoms with Gasteiger partial charge in [0.25, 0.3) is 0 Å². The number of rotatable bonds is 6. The molecule has 1 aliphatic heterocycles. The molecule has 2 aromatic rings. The maximum Gasteiger partial charge on any atom is 0.225 e. The van der Waals surface area contributed by atoms with Crippen LogP contribution >= 0.6 is 0 Å². The third-order valence-corrected chi connectivity index (χ3v) is 5.81. The predicted molar refractivity (Wildman–Crippen MR) is 126 cm³/mol. The molecule has 1 fully saturated rings. The topological polar surface area (TPSA) is 38.8 Å². The highest BCUT2D eigenvalue weighted by molar-refractivity contribution is 5.81. The number of hydrogen-bond donors (Lipinski definition) is 1. The van der Waals surface area contributed by atoms with Crippen molar-refractivity contribution < 1.29 is 4.79 Å². The summed E-state index contributed by atoms with van der Waals surface area (Å²) >= 11 is 0. The van der Waals surface area contributed by atoms with Gasteiger partial charge in [0, 0.05) is 63.6 Å². The lowest BCUT2D eigenvalue weighted by atomic mass is 9.95. The third-order valence-electron chi connectivity index (χ3n) is 5.81. The lowest BCUT2D eigenvalue weighted by molar-refractivity contribution is -0.128. The number of piperazine rings is 1. The largest absolute Gasteiger partial charge is 0.378 e. The van der Waals surface area contributed by atoms with Gasteiger partial charge in [0.15, 0.2) is 0 Å². The molecule has 30 heavy (non-hydrogen) atoms. The van der Waals surface area contributed by atoms with Gasteiger partial charge in [0.1, 0.15) is 0 Å². The molecule has 3 rings (SSSR count). The molecule has 0 saturated carbocycles. The van der Waals surface area contributed by atoms with E-state index in [2.05, 4.69) is 88.7 Å². The highest BCUT2D eigenvalue weighted by Crippen LogP contribution is 2.26. The number of anilines is 2. The smallest absolute Gasteiger partial charge is 0.225 e. The van der Waals surface area contributed by atoms with Crippen molar-refractivity contribution in [2.45, 2.75) is 26.8 Å². The van der Waals surface area contributed by atoms with Gasteiger partial charge >= 0.3 is 0 Å². The Bertz CT molecular complexity index is 803. The summed E-state index contributed by atoms with van der Waals surface area (Å²) in [7, 11) is 4.11. The van der Waals surface area contributed by atoms with Gasteiger partial charge in [-0.15, -0.1) is 0 Å². The van der Waals surface area contributed by atoms with Crippen molar-refractivity contribution in [3.63, 3.8) is 0 Å². The van der Waals surface area contributed by atoms with Gasteiger partial charge < -0.3 is 15.1 Å². The van der Waals surface area contributed by atoms with Crippen LogP contribution in [-0.4, -0.2) is 57.6 Å². The van der Waals surface area contributed by atoms with E-state index in [1.54, 1.807) is 0 Å². The molecule has 0 bridgehead atoms. The second-order valence-electron chi connectivity index (χ2n) is 9.32. The van der Waals surface area contributed by atoms with Crippen molar-refractivity contribution in [3.05, 3.63) is 60.2 Å². The standard InChI is InChI=1S/C25H36N4O/c1-25(2,3)24(30)26-19-23(20-11-13-21(14-12-20)27(4)5)29-17-15-28(16-18-29)22-9-7-6-8-10-22/h6-14,23H,15-19H2,1-5H3,(H,26,30)/t23-/m1/s1. The van der Waals surface area contributed by atoms with Crippen LogP contribution in [0.3, 0.4) is 0 Å². The second-order valence-corrected chi connectivity index (χ2v) is 9.32. The first kappa shape index (κ1) is 22.2. The van der Waals surface area contributed by atoms with E-state index in [1.807, 2.05) is 20.8 Å². The molecule has 162 valence electrons. The van der Waals surface area contributed by atoms with Crippen LogP contribution in [0, 0.1) is 5.41 Å². The zero-order valence-corrected chi connectivity index (χ0v) is 19.1. The van der Waals surface area contributed by atoms with Gasteiger partial charge in [-0.3, -0.25) is 9.69 Å². The lowest BCUT2D eigenvalue weighted by Crippen LogP contribution is -2.50. The maximum absolute atomic E-state index is 12.5. The summed E-state index contributed by atoms with van der Waals surface area (Å²) < 4.78 is 0. The molecule has 1 heterocycles. The minimum absolute atomic E-state index is 0.0975. The number of nitrogens with one attached hydrogen (secondary N) is 1. The van der Waals surface area contributed by atoms with Gasteiger partial charge in [-0.05, 0) is 29.8 Å². The van der Waals surface area contributed by atoms with Gasteiger partial charge in [-0.25, -0.2) is 0 Å². The maximum atomic E-state index is 12.5. The molecule has 1 saturated heterocycles. The number of carbonyl (C=O) groups is 1. The molecular weight excluding hydrogens is 372 g/mol. The Morgan fingerprint density at radius 1 is 0.967 bits per heavy atom. The molecule has 1 aliphatic rings. The Labute approximate surface area is 181 Å². The van der Waals surface area contributed by atoms with E-state index >= 15 is 0 Å². The minimum atomic E-state index is -0.384. The first-order chi connectivity index (χ1) is 14.3. The molecule has 0 spiro atoms. The van der Waals surface area contributed by atoms with Crippen molar-refractivity contribution in [2.75, 3.05) is 56.6 Å². The van der Waals surface area contributed by atoms with E-state index in [0.29, 0.717) is 6.54 Å². The fraction of sp³-hybridized carbons (Fsp3) is 0.480. The number of amides is 1. The molecule has 0 unspecified atom stereocenters. The number of benzene rings is 2. The highest BCUT2D eigenvalue weighted by atomic mass is 16.2. The summed E-state index contributed by atoms with van der Waals surface area (Å²) in [5.41, 5.74) is 3.34. The van der Waals surface area contributed by atoms with Gasteiger partial charge in [0.05, 0.1) is 6.04 Å². The Morgan fingerprint density at radius 2 is 1.57 bits per heavy atom. The summed E-state index contributed by atoms with van der Waals surface area (Å²) in [5.74, 6) is 0.0975. The zero-order valence-electron chi connectivity index (χ0n) is 19.1. The molecule has 0 aromatic heterocycles. The fourth-order valence-electron chi connectivity index (χ4n) is 3.84. The zero-order chi connectivity index (χ0) is 21.7. The predicted octanol–water partition coefficient (Wildman–Crippen LogP) is 3.78. The molecular formula is C25H36N4O. The number of hydrogen-bond acceptors (Lipinski definition) is 4. The van der Waals surface area contributed by atoms with Crippen LogP contribution in [0.5, 0.6) is 0 Å². The molecule has 1 amide bonds. The van der Waals surface area contributed by atoms with Crippen LogP contribution in [0.2, 0.25) is 0 Å². The van der Waals surface area contributed by atoms with Crippen molar-refractivity contribution in [3.8, 4) is 0 Å². The Hall–Kier alpha value is -2.53. The van der Waals surface area contributed by atoms with Crippen molar-refractivity contribution in [1.29, 1.82) is 0 Å². The highest BCUT2D eigenvalue weighted by Gasteiger charge is 2.28. The first-order valence-corrected chi connectivity index (χ1v) is 10.9. The summed E-state index contributed by atoms with van der Waals surface area (Å²) in [6.07, 6.45) is 0. The average molecular weight is 409 g/mol. The van der Waals surface area contributed by atoms with Gasteiger partial charge in [-0.1, -0.05) is 51.1 Å².